The first-order valence-corrected chi connectivity index (χ1v) is 9.18. The molecule has 0 amide bonds. The van der Waals surface area contributed by atoms with Crippen LogP contribution in [0, 0.1) is 0 Å². The highest BCUT2D eigenvalue weighted by Crippen LogP contribution is 2.34. The summed E-state index contributed by atoms with van der Waals surface area (Å²) < 4.78 is 28.9. The second kappa shape index (κ2) is 7.15. The van der Waals surface area contributed by atoms with Gasteiger partial charge in [-0.25, -0.2) is 18.4 Å². The van der Waals surface area contributed by atoms with E-state index in [2.05, 4.69) is 0 Å². The molecule has 0 aliphatic rings. The van der Waals surface area contributed by atoms with Gasteiger partial charge in [-0.15, -0.1) is 0 Å². The molecule has 2 aromatic carbocycles. The standard InChI is InChI=1S/C18H21NO4S/c1-4-12(2)14-10-15(13-8-6-5-7-9-13)17(24(19,21)22)11-16(14)18(20)23-3/h5-12H,4H2,1-3H3,(H2,19,21,22). The molecule has 0 saturated heterocycles. The van der Waals surface area contributed by atoms with Crippen LogP contribution in [0.4, 0.5) is 0 Å². The number of nitrogens with two attached hydrogens (primary N) is 1. The number of methoxy groups -OCH3 is 1. The van der Waals surface area contributed by atoms with Gasteiger partial charge in [0.25, 0.3) is 0 Å². The molecule has 1 atom stereocenters. The maximum absolute atomic E-state index is 12.1. The highest BCUT2D eigenvalue weighted by atomic mass is 32.2. The zero-order chi connectivity index (χ0) is 17.9. The molecule has 1 unspecified atom stereocenters. The summed E-state index contributed by atoms with van der Waals surface area (Å²) in [6, 6.07) is 12.2. The second-order valence-corrected chi connectivity index (χ2v) is 7.18. The monoisotopic (exact) mass is 347 g/mol. The molecule has 0 aromatic heterocycles. The fraction of sp³-hybridized carbons (Fsp3) is 0.278. The Morgan fingerprint density at radius 2 is 1.83 bits per heavy atom. The summed E-state index contributed by atoms with van der Waals surface area (Å²) >= 11 is 0. The van der Waals surface area contributed by atoms with E-state index in [0.29, 0.717) is 5.56 Å². The second-order valence-electron chi connectivity index (χ2n) is 5.65. The first-order valence-electron chi connectivity index (χ1n) is 7.64. The van der Waals surface area contributed by atoms with Crippen LogP contribution in [0.3, 0.4) is 0 Å². The molecule has 6 heteroatoms. The van der Waals surface area contributed by atoms with E-state index in [0.717, 1.165) is 17.5 Å². The summed E-state index contributed by atoms with van der Waals surface area (Å²) in [7, 11) is -2.73. The van der Waals surface area contributed by atoms with Gasteiger partial charge in [-0.2, -0.15) is 0 Å². The molecule has 0 saturated carbocycles. The molecular formula is C18H21NO4S. The number of carbonyl (C=O) groups excluding carboxylic acids is 1. The molecule has 128 valence electrons. The van der Waals surface area contributed by atoms with Gasteiger partial charge >= 0.3 is 5.97 Å². The third-order valence-corrected chi connectivity index (χ3v) is 5.04. The molecular weight excluding hydrogens is 326 g/mol. The van der Waals surface area contributed by atoms with Crippen molar-refractivity contribution in [1.29, 1.82) is 0 Å². The van der Waals surface area contributed by atoms with Crippen LogP contribution in [0.5, 0.6) is 0 Å². The fourth-order valence-electron chi connectivity index (χ4n) is 2.59. The maximum Gasteiger partial charge on any atom is 0.338 e. The van der Waals surface area contributed by atoms with Crippen LogP contribution < -0.4 is 5.14 Å². The Morgan fingerprint density at radius 1 is 1.21 bits per heavy atom. The van der Waals surface area contributed by atoms with Crippen LogP contribution >= 0.6 is 0 Å². The Balaban J connectivity index is 2.85. The predicted molar refractivity (Wildman–Crippen MR) is 93.3 cm³/mol. The quantitative estimate of drug-likeness (QED) is 0.841. The van der Waals surface area contributed by atoms with Crippen molar-refractivity contribution in [3.63, 3.8) is 0 Å². The van der Waals surface area contributed by atoms with E-state index in [-0.39, 0.29) is 16.4 Å². The number of rotatable bonds is 5. The maximum atomic E-state index is 12.1. The van der Waals surface area contributed by atoms with Crippen molar-refractivity contribution in [2.45, 2.75) is 31.1 Å². The van der Waals surface area contributed by atoms with Gasteiger partial charge < -0.3 is 4.74 Å². The van der Waals surface area contributed by atoms with Crippen molar-refractivity contribution in [1.82, 2.24) is 0 Å². The van der Waals surface area contributed by atoms with E-state index in [4.69, 9.17) is 9.88 Å². The fourth-order valence-corrected chi connectivity index (χ4v) is 3.36. The number of hydrogen-bond donors (Lipinski definition) is 1. The van der Waals surface area contributed by atoms with Gasteiger partial charge in [-0.3, -0.25) is 0 Å². The van der Waals surface area contributed by atoms with Crippen LogP contribution in [-0.2, 0) is 14.8 Å². The lowest BCUT2D eigenvalue weighted by Crippen LogP contribution is -2.17. The molecule has 0 bridgehead atoms. The summed E-state index contributed by atoms with van der Waals surface area (Å²) in [5.41, 5.74) is 2.19. The highest BCUT2D eigenvalue weighted by Gasteiger charge is 2.24. The van der Waals surface area contributed by atoms with Gasteiger partial charge in [0.2, 0.25) is 10.0 Å². The van der Waals surface area contributed by atoms with Gasteiger partial charge in [-0.1, -0.05) is 44.2 Å². The lowest BCUT2D eigenvalue weighted by Gasteiger charge is -2.18. The molecule has 2 rings (SSSR count). The normalized spacial score (nSPS) is 12.7. The van der Waals surface area contributed by atoms with Crippen LogP contribution in [-0.4, -0.2) is 21.5 Å². The summed E-state index contributed by atoms with van der Waals surface area (Å²) in [5, 5.41) is 5.38. The van der Waals surface area contributed by atoms with E-state index in [1.54, 1.807) is 6.07 Å². The minimum Gasteiger partial charge on any atom is -0.465 e. The average Bonchev–Trinajstić information content (AvgIpc) is 2.59. The van der Waals surface area contributed by atoms with E-state index in [9.17, 15) is 13.2 Å². The molecule has 0 heterocycles. The van der Waals surface area contributed by atoms with Crippen molar-refractivity contribution in [2.75, 3.05) is 7.11 Å². The number of hydrogen-bond acceptors (Lipinski definition) is 4. The molecule has 0 aliphatic heterocycles. The molecule has 24 heavy (non-hydrogen) atoms. The first-order chi connectivity index (χ1) is 11.3. The summed E-state index contributed by atoms with van der Waals surface area (Å²) in [6.07, 6.45) is 0.799. The number of primary sulfonamides is 1. The SMILES string of the molecule is CCC(C)c1cc(-c2ccccc2)c(S(N)(=O)=O)cc1C(=O)OC. The zero-order valence-corrected chi connectivity index (χ0v) is 14.8. The topological polar surface area (TPSA) is 86.5 Å². The largest absolute Gasteiger partial charge is 0.465 e. The smallest absolute Gasteiger partial charge is 0.338 e. The van der Waals surface area contributed by atoms with Crippen LogP contribution in [0.2, 0.25) is 0 Å². The molecule has 0 spiro atoms. The Bertz CT molecular complexity index is 845. The van der Waals surface area contributed by atoms with Gasteiger partial charge in [0.1, 0.15) is 0 Å². The predicted octanol–water partition coefficient (Wildman–Crippen LogP) is 3.30. The molecule has 5 nitrogen and oxygen atoms in total. The lowest BCUT2D eigenvalue weighted by atomic mass is 9.90. The van der Waals surface area contributed by atoms with Crippen molar-refractivity contribution < 1.29 is 17.9 Å². The minimum atomic E-state index is -4.00. The van der Waals surface area contributed by atoms with Gasteiger partial charge in [0.15, 0.2) is 0 Å². The molecule has 0 aliphatic carbocycles. The highest BCUT2D eigenvalue weighted by molar-refractivity contribution is 7.89. The number of carbonyl (C=O) groups is 1. The number of esters is 1. The summed E-state index contributed by atoms with van der Waals surface area (Å²) in [5.74, 6) is -0.508. The molecule has 2 N–H and O–H groups in total. The van der Waals surface area contributed by atoms with Crippen molar-refractivity contribution >= 4 is 16.0 Å². The Labute approximate surface area is 142 Å². The van der Waals surface area contributed by atoms with Gasteiger partial charge in [0, 0.05) is 5.56 Å². The van der Waals surface area contributed by atoms with E-state index < -0.39 is 16.0 Å². The Morgan fingerprint density at radius 3 is 2.33 bits per heavy atom. The minimum absolute atomic E-state index is 0.0658. The third-order valence-electron chi connectivity index (χ3n) is 4.09. The number of ether oxygens (including phenoxy) is 1. The zero-order valence-electron chi connectivity index (χ0n) is 13.9. The Hall–Kier alpha value is -2.18. The van der Waals surface area contributed by atoms with Gasteiger partial charge in [0.05, 0.1) is 17.6 Å². The number of sulfonamides is 1. The van der Waals surface area contributed by atoms with E-state index >= 15 is 0 Å². The number of benzene rings is 2. The van der Waals surface area contributed by atoms with E-state index in [1.165, 1.54) is 13.2 Å². The van der Waals surface area contributed by atoms with Crippen molar-refractivity contribution in [3.05, 3.63) is 53.6 Å². The summed E-state index contributed by atoms with van der Waals surface area (Å²) in [4.78, 5) is 12.0. The van der Waals surface area contributed by atoms with Crippen molar-refractivity contribution in [2.24, 2.45) is 5.14 Å². The molecule has 0 radical (unpaired) electrons. The lowest BCUT2D eigenvalue weighted by molar-refractivity contribution is 0.0598. The van der Waals surface area contributed by atoms with E-state index in [1.807, 2.05) is 44.2 Å². The first kappa shape index (κ1) is 18.2. The van der Waals surface area contributed by atoms with Gasteiger partial charge in [-0.05, 0) is 35.6 Å². The average molecular weight is 347 g/mol. The van der Waals surface area contributed by atoms with Crippen LogP contribution in [0.25, 0.3) is 11.1 Å². The Kier molecular flexibility index (Phi) is 5.41. The van der Waals surface area contributed by atoms with Crippen molar-refractivity contribution in [3.8, 4) is 11.1 Å². The molecule has 2 aromatic rings. The summed E-state index contributed by atoms with van der Waals surface area (Å²) in [6.45, 7) is 3.98. The molecule has 0 fully saturated rings. The van der Waals surface area contributed by atoms with Crippen LogP contribution in [0.15, 0.2) is 47.4 Å². The van der Waals surface area contributed by atoms with Crippen LogP contribution in [0.1, 0.15) is 42.1 Å². The third kappa shape index (κ3) is 3.66.